The highest BCUT2D eigenvalue weighted by Gasteiger charge is 2.25. The summed E-state index contributed by atoms with van der Waals surface area (Å²) in [6, 6.07) is -0.196. The second-order valence-corrected chi connectivity index (χ2v) is 4.54. The fourth-order valence-electron chi connectivity index (χ4n) is 2.09. The predicted octanol–water partition coefficient (Wildman–Crippen LogP) is 1.41. The largest absolute Gasteiger partial charge is 0.480 e. The standard InChI is InChI=1S/C12H20N2O3/c1-3-6-13(9-11(15)16)12(17)14-7-4-5-10(2)8-14/h3,10H,1,4-9H2,2H3,(H,15,16). The van der Waals surface area contributed by atoms with E-state index in [-0.39, 0.29) is 19.1 Å². The number of amides is 2. The maximum Gasteiger partial charge on any atom is 0.323 e. The Labute approximate surface area is 102 Å². The summed E-state index contributed by atoms with van der Waals surface area (Å²) >= 11 is 0. The lowest BCUT2D eigenvalue weighted by Crippen LogP contribution is -2.48. The second kappa shape index (κ2) is 6.27. The van der Waals surface area contributed by atoms with Crippen molar-refractivity contribution >= 4 is 12.0 Å². The molecule has 1 N–H and O–H groups in total. The third-order valence-corrected chi connectivity index (χ3v) is 2.87. The molecule has 1 unspecified atom stereocenters. The van der Waals surface area contributed by atoms with Gasteiger partial charge >= 0.3 is 12.0 Å². The molecule has 2 amide bonds. The van der Waals surface area contributed by atoms with Crippen LogP contribution in [0.15, 0.2) is 12.7 Å². The Bertz CT molecular complexity index is 304. The minimum atomic E-state index is -0.995. The van der Waals surface area contributed by atoms with Gasteiger partial charge < -0.3 is 14.9 Å². The fourth-order valence-corrected chi connectivity index (χ4v) is 2.09. The van der Waals surface area contributed by atoms with Gasteiger partial charge in [-0.15, -0.1) is 6.58 Å². The van der Waals surface area contributed by atoms with Gasteiger partial charge in [-0.3, -0.25) is 4.79 Å². The molecule has 0 aromatic carbocycles. The maximum atomic E-state index is 12.1. The molecule has 0 aliphatic carbocycles. The van der Waals surface area contributed by atoms with Crippen LogP contribution in [0.5, 0.6) is 0 Å². The second-order valence-electron chi connectivity index (χ2n) is 4.54. The van der Waals surface area contributed by atoms with E-state index >= 15 is 0 Å². The molecule has 0 aromatic rings. The SMILES string of the molecule is C=CCN(CC(=O)O)C(=O)N1CCCC(C)C1. The van der Waals surface area contributed by atoms with Crippen LogP contribution in [0.4, 0.5) is 4.79 Å². The summed E-state index contributed by atoms with van der Waals surface area (Å²) in [6.45, 7) is 7.09. The summed E-state index contributed by atoms with van der Waals surface area (Å²) in [6.07, 6.45) is 3.67. The van der Waals surface area contributed by atoms with Gasteiger partial charge in [0.25, 0.3) is 0 Å². The van der Waals surface area contributed by atoms with Gasteiger partial charge in [-0.2, -0.15) is 0 Å². The third-order valence-electron chi connectivity index (χ3n) is 2.87. The molecule has 17 heavy (non-hydrogen) atoms. The lowest BCUT2D eigenvalue weighted by atomic mass is 10.0. The molecular weight excluding hydrogens is 220 g/mol. The Balaban J connectivity index is 2.62. The van der Waals surface area contributed by atoms with Crippen LogP contribution in [0.3, 0.4) is 0 Å². The number of aliphatic carboxylic acids is 1. The molecule has 5 heteroatoms. The van der Waals surface area contributed by atoms with Crippen LogP contribution in [0.2, 0.25) is 0 Å². The van der Waals surface area contributed by atoms with Gasteiger partial charge in [-0.05, 0) is 18.8 Å². The van der Waals surface area contributed by atoms with Crippen molar-refractivity contribution in [1.82, 2.24) is 9.80 Å². The summed E-state index contributed by atoms with van der Waals surface area (Å²) in [5.41, 5.74) is 0. The van der Waals surface area contributed by atoms with Crippen LogP contribution in [-0.4, -0.2) is 53.1 Å². The fraction of sp³-hybridized carbons (Fsp3) is 0.667. The number of carbonyl (C=O) groups is 2. The van der Waals surface area contributed by atoms with Crippen molar-refractivity contribution in [2.24, 2.45) is 5.92 Å². The molecule has 1 saturated heterocycles. The van der Waals surface area contributed by atoms with E-state index in [2.05, 4.69) is 13.5 Å². The van der Waals surface area contributed by atoms with E-state index in [0.717, 1.165) is 19.4 Å². The van der Waals surface area contributed by atoms with Crippen molar-refractivity contribution in [3.8, 4) is 0 Å². The lowest BCUT2D eigenvalue weighted by Gasteiger charge is -2.34. The van der Waals surface area contributed by atoms with E-state index in [9.17, 15) is 9.59 Å². The Morgan fingerprint density at radius 1 is 1.59 bits per heavy atom. The first kappa shape index (κ1) is 13.5. The van der Waals surface area contributed by atoms with E-state index in [1.165, 1.54) is 4.90 Å². The predicted molar refractivity (Wildman–Crippen MR) is 64.8 cm³/mol. The number of carboxylic acids is 1. The van der Waals surface area contributed by atoms with Crippen molar-refractivity contribution in [3.63, 3.8) is 0 Å². The van der Waals surface area contributed by atoms with E-state index in [0.29, 0.717) is 12.5 Å². The molecule has 1 heterocycles. The molecule has 1 fully saturated rings. The Hall–Kier alpha value is -1.52. The quantitative estimate of drug-likeness (QED) is 0.756. The Morgan fingerprint density at radius 2 is 2.29 bits per heavy atom. The van der Waals surface area contributed by atoms with Gasteiger partial charge in [0.1, 0.15) is 6.54 Å². The van der Waals surface area contributed by atoms with Crippen LogP contribution in [0.25, 0.3) is 0 Å². The van der Waals surface area contributed by atoms with Crippen molar-refractivity contribution in [1.29, 1.82) is 0 Å². The number of carbonyl (C=O) groups excluding carboxylic acids is 1. The van der Waals surface area contributed by atoms with Gasteiger partial charge in [0.05, 0.1) is 0 Å². The number of nitrogens with zero attached hydrogens (tertiary/aromatic N) is 2. The van der Waals surface area contributed by atoms with Crippen molar-refractivity contribution in [3.05, 3.63) is 12.7 Å². The average Bonchev–Trinajstić information content (AvgIpc) is 2.27. The number of likely N-dealkylation sites (tertiary alicyclic amines) is 1. The van der Waals surface area contributed by atoms with E-state index < -0.39 is 5.97 Å². The van der Waals surface area contributed by atoms with Gasteiger partial charge in [-0.25, -0.2) is 4.79 Å². The van der Waals surface area contributed by atoms with Gasteiger partial charge in [0.15, 0.2) is 0 Å². The summed E-state index contributed by atoms with van der Waals surface area (Å²) in [5, 5.41) is 8.76. The number of hydrogen-bond donors (Lipinski definition) is 1. The van der Waals surface area contributed by atoms with Crippen molar-refractivity contribution in [2.45, 2.75) is 19.8 Å². The van der Waals surface area contributed by atoms with E-state index in [1.54, 1.807) is 11.0 Å². The molecule has 1 aliphatic rings. The van der Waals surface area contributed by atoms with Crippen LogP contribution >= 0.6 is 0 Å². The van der Waals surface area contributed by atoms with Crippen LogP contribution < -0.4 is 0 Å². The molecule has 5 nitrogen and oxygen atoms in total. The molecule has 96 valence electrons. The van der Waals surface area contributed by atoms with Crippen molar-refractivity contribution < 1.29 is 14.7 Å². The molecule has 0 bridgehead atoms. The van der Waals surface area contributed by atoms with Gasteiger partial charge in [0.2, 0.25) is 0 Å². The van der Waals surface area contributed by atoms with Crippen LogP contribution in [0.1, 0.15) is 19.8 Å². The highest BCUT2D eigenvalue weighted by molar-refractivity contribution is 5.80. The number of carboxylic acid groups (broad SMARTS) is 1. The summed E-state index contributed by atoms with van der Waals surface area (Å²) in [5.74, 6) is -0.506. The van der Waals surface area contributed by atoms with E-state index in [4.69, 9.17) is 5.11 Å². The monoisotopic (exact) mass is 240 g/mol. The zero-order valence-corrected chi connectivity index (χ0v) is 10.3. The minimum absolute atomic E-state index is 0.196. The third kappa shape index (κ3) is 4.09. The molecule has 1 aliphatic heterocycles. The molecule has 1 rings (SSSR count). The molecular formula is C12H20N2O3. The molecule has 0 saturated carbocycles. The van der Waals surface area contributed by atoms with Gasteiger partial charge in [0, 0.05) is 19.6 Å². The number of piperidine rings is 1. The smallest absolute Gasteiger partial charge is 0.323 e. The maximum absolute atomic E-state index is 12.1. The molecule has 0 spiro atoms. The zero-order valence-electron chi connectivity index (χ0n) is 10.3. The first-order valence-corrected chi connectivity index (χ1v) is 5.91. The first-order chi connectivity index (χ1) is 8.04. The van der Waals surface area contributed by atoms with Crippen molar-refractivity contribution in [2.75, 3.05) is 26.2 Å². The topological polar surface area (TPSA) is 60.9 Å². The summed E-state index contributed by atoms with van der Waals surface area (Å²) in [7, 11) is 0. The number of hydrogen-bond acceptors (Lipinski definition) is 2. The Morgan fingerprint density at radius 3 is 2.82 bits per heavy atom. The molecule has 1 atom stereocenters. The van der Waals surface area contributed by atoms with Crippen LogP contribution in [0, 0.1) is 5.92 Å². The number of rotatable bonds is 4. The lowest BCUT2D eigenvalue weighted by molar-refractivity contribution is -0.137. The molecule has 0 radical (unpaired) electrons. The minimum Gasteiger partial charge on any atom is -0.480 e. The Kier molecular flexibility index (Phi) is 5.00. The normalized spacial score (nSPS) is 19.8. The summed E-state index contributed by atoms with van der Waals surface area (Å²) in [4.78, 5) is 25.8. The van der Waals surface area contributed by atoms with Crippen LogP contribution in [-0.2, 0) is 4.79 Å². The van der Waals surface area contributed by atoms with Gasteiger partial charge in [-0.1, -0.05) is 13.0 Å². The first-order valence-electron chi connectivity index (χ1n) is 5.91. The number of urea groups is 1. The van der Waals surface area contributed by atoms with E-state index in [1.807, 2.05) is 0 Å². The highest BCUT2D eigenvalue weighted by atomic mass is 16.4. The highest BCUT2D eigenvalue weighted by Crippen LogP contribution is 2.16. The summed E-state index contributed by atoms with van der Waals surface area (Å²) < 4.78 is 0. The average molecular weight is 240 g/mol. The molecule has 0 aromatic heterocycles. The zero-order chi connectivity index (χ0) is 12.8.